The maximum Gasteiger partial charge on any atom is 0.261 e. The zero-order valence-electron chi connectivity index (χ0n) is 16.6. The average molecular weight is 413 g/mol. The van der Waals surface area contributed by atoms with Crippen molar-refractivity contribution in [1.29, 1.82) is 0 Å². The Morgan fingerprint density at radius 2 is 1.76 bits per heavy atom. The first kappa shape index (κ1) is 20.9. The second-order valence-electron chi connectivity index (χ2n) is 6.93. The van der Waals surface area contributed by atoms with Crippen LogP contribution in [0.15, 0.2) is 53.5 Å². The monoisotopic (exact) mass is 412 g/mol. The molecule has 29 heavy (non-hydrogen) atoms. The molecule has 0 saturated heterocycles. The van der Waals surface area contributed by atoms with Gasteiger partial charge in [-0.3, -0.25) is 19.5 Å². The summed E-state index contributed by atoms with van der Waals surface area (Å²) in [6.07, 6.45) is 1.53. The van der Waals surface area contributed by atoms with E-state index in [4.69, 9.17) is 11.6 Å². The molecule has 1 aliphatic heterocycles. The van der Waals surface area contributed by atoms with Gasteiger partial charge in [0.25, 0.3) is 11.8 Å². The molecule has 0 aliphatic carbocycles. The number of unbranched alkanes of at least 4 members (excludes halogenated alkanes) is 1. The fourth-order valence-electron chi connectivity index (χ4n) is 3.30. The van der Waals surface area contributed by atoms with Crippen molar-refractivity contribution in [3.05, 3.63) is 70.2 Å². The van der Waals surface area contributed by atoms with E-state index in [0.29, 0.717) is 35.2 Å². The van der Waals surface area contributed by atoms with Gasteiger partial charge in [0.1, 0.15) is 0 Å². The molecule has 1 heterocycles. The van der Waals surface area contributed by atoms with Crippen LogP contribution in [0, 0.1) is 0 Å². The van der Waals surface area contributed by atoms with Crippen LogP contribution in [0.1, 0.15) is 52.1 Å². The number of amides is 2. The van der Waals surface area contributed by atoms with Crippen LogP contribution in [0.25, 0.3) is 0 Å². The number of hydrogen-bond donors (Lipinski definition) is 2. The lowest BCUT2D eigenvalue weighted by Gasteiger charge is -2.19. The van der Waals surface area contributed by atoms with Crippen molar-refractivity contribution in [2.75, 3.05) is 20.1 Å². The highest BCUT2D eigenvalue weighted by Crippen LogP contribution is 2.22. The third-order valence-electron chi connectivity index (χ3n) is 4.90. The Kier molecular flexibility index (Phi) is 6.88. The Balaban J connectivity index is 1.42. The number of hydrogen-bond acceptors (Lipinski definition) is 3. The first-order valence-corrected chi connectivity index (χ1v) is 10.1. The van der Waals surface area contributed by atoms with Gasteiger partial charge in [-0.05, 0) is 49.6 Å². The van der Waals surface area contributed by atoms with Crippen LogP contribution in [-0.4, -0.2) is 42.8 Å². The molecular weight excluding hydrogens is 388 g/mol. The van der Waals surface area contributed by atoms with E-state index < -0.39 is 0 Å². The molecule has 2 amide bonds. The smallest absolute Gasteiger partial charge is 0.261 e. The zero-order chi connectivity index (χ0) is 20.8. The maximum absolute atomic E-state index is 12.4. The van der Waals surface area contributed by atoms with Gasteiger partial charge in [-0.15, -0.1) is 0 Å². The molecular formula is C22H25ClN4O2. The van der Waals surface area contributed by atoms with E-state index >= 15 is 0 Å². The lowest BCUT2D eigenvalue weighted by Crippen LogP contribution is -2.39. The molecule has 2 aromatic rings. The van der Waals surface area contributed by atoms with Crippen molar-refractivity contribution in [3.63, 3.8) is 0 Å². The van der Waals surface area contributed by atoms with Gasteiger partial charge in [0.05, 0.1) is 17.2 Å². The summed E-state index contributed by atoms with van der Waals surface area (Å²) in [4.78, 5) is 30.3. The van der Waals surface area contributed by atoms with E-state index in [1.807, 2.05) is 31.2 Å². The van der Waals surface area contributed by atoms with Crippen LogP contribution >= 0.6 is 11.6 Å². The second kappa shape index (κ2) is 9.56. The van der Waals surface area contributed by atoms with Crippen molar-refractivity contribution < 1.29 is 9.59 Å². The Labute approximate surface area is 176 Å². The summed E-state index contributed by atoms with van der Waals surface area (Å²) in [6, 6.07) is 14.7. The molecule has 1 aliphatic rings. The largest absolute Gasteiger partial charge is 0.356 e. The molecule has 1 unspecified atom stereocenters. The number of aliphatic imine (C=N–C) groups is 1. The van der Waals surface area contributed by atoms with Crippen molar-refractivity contribution in [3.8, 4) is 0 Å². The molecule has 0 fully saturated rings. The molecule has 1 atom stereocenters. The predicted molar refractivity (Wildman–Crippen MR) is 115 cm³/mol. The summed E-state index contributed by atoms with van der Waals surface area (Å²) in [5.41, 5.74) is 2.07. The first-order valence-electron chi connectivity index (χ1n) is 9.69. The molecule has 0 saturated carbocycles. The first-order chi connectivity index (χ1) is 14.0. The number of fused-ring (bicyclic) bond motifs is 1. The zero-order valence-corrected chi connectivity index (χ0v) is 17.4. The molecule has 2 aromatic carbocycles. The van der Waals surface area contributed by atoms with E-state index in [2.05, 4.69) is 15.6 Å². The number of nitrogens with one attached hydrogen (secondary N) is 2. The van der Waals surface area contributed by atoms with Crippen molar-refractivity contribution in [1.82, 2.24) is 15.5 Å². The van der Waals surface area contributed by atoms with Crippen LogP contribution in [0.3, 0.4) is 0 Å². The summed E-state index contributed by atoms with van der Waals surface area (Å²) in [5, 5.41) is 7.30. The lowest BCUT2D eigenvalue weighted by atomic mass is 10.1. The molecule has 2 N–H and O–H groups in total. The van der Waals surface area contributed by atoms with Crippen molar-refractivity contribution in [2.45, 2.75) is 25.8 Å². The second-order valence-corrected chi connectivity index (χ2v) is 7.37. The minimum Gasteiger partial charge on any atom is -0.356 e. The fraction of sp³-hybridized carbons (Fsp3) is 0.318. The summed E-state index contributed by atoms with van der Waals surface area (Å²) < 4.78 is 0. The number of carbonyl (C=O) groups is 2. The van der Waals surface area contributed by atoms with Crippen LogP contribution in [0.5, 0.6) is 0 Å². The standard InChI is InChI=1S/C22H25ClN4O2/c1-15(16-8-7-9-17(23)14-16)26-22(24-2)25-12-5-6-13-27-20(28)18-10-3-4-11-19(18)21(27)29/h3-4,7-11,14-15H,5-6,12-13H2,1-2H3,(H2,24,25,26). The van der Waals surface area contributed by atoms with Gasteiger partial charge in [-0.1, -0.05) is 35.9 Å². The molecule has 0 aromatic heterocycles. The number of rotatable bonds is 7. The quantitative estimate of drug-likeness (QED) is 0.315. The van der Waals surface area contributed by atoms with Crippen LogP contribution in [-0.2, 0) is 0 Å². The number of benzene rings is 2. The highest BCUT2D eigenvalue weighted by Gasteiger charge is 2.34. The lowest BCUT2D eigenvalue weighted by molar-refractivity contribution is 0.0652. The Hall–Kier alpha value is -2.86. The van der Waals surface area contributed by atoms with E-state index in [9.17, 15) is 9.59 Å². The minimum absolute atomic E-state index is 0.0539. The molecule has 0 radical (unpaired) electrons. The predicted octanol–water partition coefficient (Wildman–Crippen LogP) is 3.64. The molecule has 3 rings (SSSR count). The molecule has 0 spiro atoms. The third-order valence-corrected chi connectivity index (χ3v) is 5.14. The molecule has 7 heteroatoms. The Morgan fingerprint density at radius 1 is 1.07 bits per heavy atom. The van der Waals surface area contributed by atoms with E-state index in [1.54, 1.807) is 31.3 Å². The minimum atomic E-state index is -0.202. The fourth-order valence-corrected chi connectivity index (χ4v) is 3.50. The maximum atomic E-state index is 12.4. The van der Waals surface area contributed by atoms with E-state index in [-0.39, 0.29) is 17.9 Å². The summed E-state index contributed by atoms with van der Waals surface area (Å²) in [7, 11) is 1.72. The third kappa shape index (κ3) is 4.95. The van der Waals surface area contributed by atoms with Gasteiger partial charge in [0.2, 0.25) is 0 Å². The molecule has 0 bridgehead atoms. The number of guanidine groups is 1. The van der Waals surface area contributed by atoms with Gasteiger partial charge >= 0.3 is 0 Å². The van der Waals surface area contributed by atoms with Gasteiger partial charge in [-0.25, -0.2) is 0 Å². The average Bonchev–Trinajstić information content (AvgIpc) is 2.97. The summed E-state index contributed by atoms with van der Waals surface area (Å²) in [5.74, 6) is 0.288. The number of nitrogens with zero attached hydrogens (tertiary/aromatic N) is 2. The van der Waals surface area contributed by atoms with Crippen molar-refractivity contribution in [2.24, 2.45) is 4.99 Å². The number of halogens is 1. The summed E-state index contributed by atoms with van der Waals surface area (Å²) in [6.45, 7) is 3.14. The normalized spacial score (nSPS) is 14.7. The summed E-state index contributed by atoms with van der Waals surface area (Å²) >= 11 is 6.06. The molecule has 152 valence electrons. The van der Waals surface area contributed by atoms with Crippen molar-refractivity contribution >= 4 is 29.4 Å². The van der Waals surface area contributed by atoms with Crippen LogP contribution in [0.4, 0.5) is 0 Å². The Morgan fingerprint density at radius 3 is 2.38 bits per heavy atom. The van der Waals surface area contributed by atoms with E-state index in [0.717, 1.165) is 18.4 Å². The SMILES string of the molecule is CN=C(NCCCCN1C(=O)c2ccccc2C1=O)NC(C)c1cccc(Cl)c1. The molecule has 6 nitrogen and oxygen atoms in total. The number of carbonyl (C=O) groups excluding carboxylic acids is 2. The van der Waals surface area contributed by atoms with Crippen LogP contribution in [0.2, 0.25) is 5.02 Å². The van der Waals surface area contributed by atoms with Gasteiger partial charge in [0.15, 0.2) is 5.96 Å². The van der Waals surface area contributed by atoms with Gasteiger partial charge in [-0.2, -0.15) is 0 Å². The van der Waals surface area contributed by atoms with Gasteiger partial charge in [0, 0.05) is 25.2 Å². The highest BCUT2D eigenvalue weighted by molar-refractivity contribution is 6.30. The van der Waals surface area contributed by atoms with Gasteiger partial charge < -0.3 is 10.6 Å². The topological polar surface area (TPSA) is 73.8 Å². The highest BCUT2D eigenvalue weighted by atomic mass is 35.5. The van der Waals surface area contributed by atoms with Crippen LogP contribution < -0.4 is 10.6 Å². The van der Waals surface area contributed by atoms with E-state index in [1.165, 1.54) is 4.90 Å². The number of imide groups is 1. The Bertz CT molecular complexity index is 894.